The van der Waals surface area contributed by atoms with E-state index in [1.165, 1.54) is 31.4 Å². The third kappa shape index (κ3) is 12.4. The van der Waals surface area contributed by atoms with Gasteiger partial charge in [0.2, 0.25) is 0 Å². The molecule has 10 rings (SSSR count). The fourth-order valence-electron chi connectivity index (χ4n) is 10.7. The Kier molecular flexibility index (Phi) is 17.7. The average molecular weight is 987 g/mol. The summed E-state index contributed by atoms with van der Waals surface area (Å²) in [7, 11) is 0. The lowest BCUT2D eigenvalue weighted by molar-refractivity contribution is -0.138. The van der Waals surface area contributed by atoms with Crippen molar-refractivity contribution < 1.29 is 25.3 Å². The van der Waals surface area contributed by atoms with Crippen LogP contribution in [-0.2, 0) is 35.8 Å². The van der Waals surface area contributed by atoms with Gasteiger partial charge in [-0.15, -0.1) is 0 Å². The van der Waals surface area contributed by atoms with E-state index in [4.69, 9.17) is 0 Å². The highest BCUT2D eigenvalue weighted by atomic mass is 16.4. The van der Waals surface area contributed by atoms with Crippen LogP contribution in [-0.4, -0.2) is 131 Å². The third-order valence-corrected chi connectivity index (χ3v) is 14.2. The summed E-state index contributed by atoms with van der Waals surface area (Å²) >= 11 is 0. The summed E-state index contributed by atoms with van der Waals surface area (Å²) in [4.78, 5) is 58.5. The zero-order valence-corrected chi connectivity index (χ0v) is 41.2. The molecule has 380 valence electrons. The molecule has 15 nitrogen and oxygen atoms in total. The number of aryl methyl sites for hydroxylation is 2. The molecule has 73 heavy (non-hydrogen) atoms. The number of carboxylic acid groups (broad SMARTS) is 2. The van der Waals surface area contributed by atoms with Crippen LogP contribution >= 0.6 is 0 Å². The molecule has 15 heteroatoms. The second kappa shape index (κ2) is 24.8. The quantitative estimate of drug-likeness (QED) is 0.0962. The van der Waals surface area contributed by atoms with Crippen LogP contribution in [0.3, 0.4) is 0 Å². The maximum Gasteiger partial charge on any atom is 0.329 e. The summed E-state index contributed by atoms with van der Waals surface area (Å²) in [5.41, 5.74) is 7.68. The Labute approximate surface area is 425 Å². The Bertz CT molecular complexity index is 2850. The molecule has 4 N–H and O–H groups in total. The van der Waals surface area contributed by atoms with Crippen molar-refractivity contribution in [1.82, 2.24) is 37.9 Å². The standard InChI is InChI=1S/2C29H32N4O3.H2O/c2*34-27(35)22-33-26-15-8-7-14-25(26)32(29(33)36)17-9-16-30-18-20-31(21-19-30)28(23-10-3-1-4-11-23)24-12-5-2-6-13-24;/h2*1-8,10-15,28H,9,16-22H2,(H,34,35);1H2. The monoisotopic (exact) mass is 987 g/mol. The van der Waals surface area contributed by atoms with E-state index in [2.05, 4.69) is 141 Å². The first kappa shape index (κ1) is 51.9. The van der Waals surface area contributed by atoms with Crippen LogP contribution in [0.2, 0.25) is 0 Å². The van der Waals surface area contributed by atoms with Crippen molar-refractivity contribution in [1.29, 1.82) is 0 Å². The second-order valence-electron chi connectivity index (χ2n) is 18.7. The lowest BCUT2D eigenvalue weighted by Crippen LogP contribution is -2.48. The van der Waals surface area contributed by atoms with Crippen molar-refractivity contribution in [3.8, 4) is 0 Å². The summed E-state index contributed by atoms with van der Waals surface area (Å²) in [6, 6.07) is 58.1. The van der Waals surface area contributed by atoms with Gasteiger partial charge in [0.05, 0.1) is 34.2 Å². The number of carboxylic acids is 2. The molecule has 0 bridgehead atoms. The van der Waals surface area contributed by atoms with E-state index >= 15 is 0 Å². The molecule has 2 saturated heterocycles. The molecule has 2 aliphatic rings. The maximum atomic E-state index is 12.9. The summed E-state index contributed by atoms with van der Waals surface area (Å²) in [6.07, 6.45) is 1.67. The smallest absolute Gasteiger partial charge is 0.329 e. The highest BCUT2D eigenvalue weighted by Gasteiger charge is 2.28. The molecule has 0 aliphatic carbocycles. The molecule has 0 unspecified atom stereocenters. The van der Waals surface area contributed by atoms with E-state index in [9.17, 15) is 29.4 Å². The van der Waals surface area contributed by atoms with Crippen molar-refractivity contribution in [3.63, 3.8) is 0 Å². The first-order chi connectivity index (χ1) is 35.2. The van der Waals surface area contributed by atoms with Crippen LogP contribution in [0.15, 0.2) is 179 Å². The Morgan fingerprint density at radius 1 is 0.370 bits per heavy atom. The minimum atomic E-state index is -1.01. The van der Waals surface area contributed by atoms with Gasteiger partial charge in [0.1, 0.15) is 13.1 Å². The zero-order valence-electron chi connectivity index (χ0n) is 41.2. The predicted octanol–water partition coefficient (Wildman–Crippen LogP) is 6.55. The van der Waals surface area contributed by atoms with E-state index in [-0.39, 0.29) is 42.0 Å². The van der Waals surface area contributed by atoms with Crippen LogP contribution < -0.4 is 11.4 Å². The Balaban J connectivity index is 0.000000192. The van der Waals surface area contributed by atoms with Gasteiger partial charge in [0.25, 0.3) is 0 Å². The number of hydrogen-bond acceptors (Lipinski definition) is 8. The minimum absolute atomic E-state index is 0. The number of rotatable bonds is 18. The summed E-state index contributed by atoms with van der Waals surface area (Å²) in [5.74, 6) is -2.02. The van der Waals surface area contributed by atoms with Gasteiger partial charge in [0.15, 0.2) is 0 Å². The fourth-order valence-corrected chi connectivity index (χ4v) is 10.7. The van der Waals surface area contributed by atoms with Gasteiger partial charge in [-0.3, -0.25) is 37.7 Å². The molecular weight excluding hydrogens is 921 g/mol. The van der Waals surface area contributed by atoms with Gasteiger partial charge in [0, 0.05) is 65.4 Å². The number of piperazine rings is 2. The number of carbonyl (C=O) groups is 2. The van der Waals surface area contributed by atoms with Crippen LogP contribution in [0.25, 0.3) is 22.1 Å². The molecule has 0 radical (unpaired) electrons. The number of benzene rings is 6. The Hall–Kier alpha value is -7.40. The summed E-state index contributed by atoms with van der Waals surface area (Å²) in [5, 5.41) is 18.5. The Morgan fingerprint density at radius 2 is 0.630 bits per heavy atom. The number of hydrogen-bond donors (Lipinski definition) is 2. The topological polar surface area (TPSA) is 173 Å². The molecule has 2 fully saturated rings. The molecule has 2 aromatic heterocycles. The molecule has 4 heterocycles. The lowest BCUT2D eigenvalue weighted by Gasteiger charge is -2.39. The number of imidazole rings is 2. The summed E-state index contributed by atoms with van der Waals surface area (Å²) < 4.78 is 6.14. The fraction of sp³-hybridized carbons (Fsp3) is 0.310. The minimum Gasteiger partial charge on any atom is -0.480 e. The third-order valence-electron chi connectivity index (χ3n) is 14.2. The zero-order chi connectivity index (χ0) is 49.8. The van der Waals surface area contributed by atoms with Gasteiger partial charge >= 0.3 is 23.3 Å². The van der Waals surface area contributed by atoms with Crippen molar-refractivity contribution in [2.24, 2.45) is 0 Å². The van der Waals surface area contributed by atoms with Crippen LogP contribution in [0.4, 0.5) is 0 Å². The average Bonchev–Trinajstić information content (AvgIpc) is 3.82. The number of aliphatic carboxylic acids is 2. The summed E-state index contributed by atoms with van der Waals surface area (Å²) in [6.45, 7) is 10.1. The van der Waals surface area contributed by atoms with E-state index in [1.807, 2.05) is 48.5 Å². The van der Waals surface area contributed by atoms with Crippen LogP contribution in [0, 0.1) is 0 Å². The Morgan fingerprint density at radius 3 is 0.904 bits per heavy atom. The number of nitrogens with zero attached hydrogens (tertiary/aromatic N) is 8. The number of para-hydroxylation sites is 4. The molecule has 8 aromatic rings. The first-order valence-electron chi connectivity index (χ1n) is 25.2. The number of fused-ring (bicyclic) bond motifs is 2. The van der Waals surface area contributed by atoms with Crippen LogP contribution in [0.1, 0.15) is 47.2 Å². The highest BCUT2D eigenvalue weighted by Crippen LogP contribution is 2.31. The second-order valence-corrected chi connectivity index (χ2v) is 18.7. The van der Waals surface area contributed by atoms with Crippen LogP contribution in [0.5, 0.6) is 0 Å². The van der Waals surface area contributed by atoms with Gasteiger partial charge in [-0.1, -0.05) is 146 Å². The predicted molar refractivity (Wildman–Crippen MR) is 286 cm³/mol. The SMILES string of the molecule is O.O=C(O)Cn1c(=O)n(CCCN2CCN(C(c3ccccc3)c3ccccc3)CC2)c2ccccc21.O=C(O)Cn1c(=O)n(CCCN2CCN(C(c3ccccc3)c3ccccc3)CC2)c2ccccc21. The van der Waals surface area contributed by atoms with Crippen molar-refractivity contribution in [3.05, 3.63) is 213 Å². The van der Waals surface area contributed by atoms with E-state index < -0.39 is 11.9 Å². The molecular formula is C58H66N8O7. The van der Waals surface area contributed by atoms with Crippen molar-refractivity contribution >= 4 is 34.0 Å². The molecule has 0 spiro atoms. The van der Waals surface area contributed by atoms with Gasteiger partial charge < -0.3 is 25.5 Å². The van der Waals surface area contributed by atoms with E-state index in [0.29, 0.717) is 24.1 Å². The molecule has 0 saturated carbocycles. The molecule has 0 atom stereocenters. The molecule has 2 aliphatic heterocycles. The first-order valence-corrected chi connectivity index (χ1v) is 25.2. The largest absolute Gasteiger partial charge is 0.480 e. The van der Waals surface area contributed by atoms with Crippen molar-refractivity contribution in [2.45, 2.75) is 51.1 Å². The highest BCUT2D eigenvalue weighted by molar-refractivity contribution is 5.79. The van der Waals surface area contributed by atoms with E-state index in [1.54, 1.807) is 9.13 Å². The molecule has 6 aromatic carbocycles. The maximum absolute atomic E-state index is 12.9. The normalized spacial score (nSPS) is 14.8. The number of aromatic nitrogens is 4. The van der Waals surface area contributed by atoms with Crippen molar-refractivity contribution in [2.75, 3.05) is 65.4 Å². The van der Waals surface area contributed by atoms with E-state index in [0.717, 1.165) is 89.3 Å². The van der Waals surface area contributed by atoms with Gasteiger partial charge in [-0.05, 0) is 72.5 Å². The lowest BCUT2D eigenvalue weighted by atomic mass is 9.96. The van der Waals surface area contributed by atoms with Gasteiger partial charge in [-0.25, -0.2) is 9.59 Å². The van der Waals surface area contributed by atoms with Gasteiger partial charge in [-0.2, -0.15) is 0 Å². The molecule has 0 amide bonds.